The monoisotopic (exact) mass is 414 g/mol. The third kappa shape index (κ3) is 5.08. The van der Waals surface area contributed by atoms with Crippen molar-refractivity contribution in [1.29, 1.82) is 0 Å². The van der Waals surface area contributed by atoms with E-state index in [1.54, 1.807) is 0 Å². The number of fused-ring (bicyclic) bond motifs is 1. The number of ether oxygens (including phenoxy) is 1. The molecule has 1 atom stereocenters. The highest BCUT2D eigenvalue weighted by molar-refractivity contribution is 6.01. The standard InChI is InChI=1S/C27H30N2O2/c1-2-3-18-29-26(28-25-17-8-7-16-24(25)27(29)30)22-14-9-15-23(20-22)31-19-10-13-21-11-5-4-6-12-21/h4-9,11-12,14-17,20,26,28H,2-3,10,13,18-19H2,1H3. The number of hydrogen-bond acceptors (Lipinski definition) is 3. The third-order valence-electron chi connectivity index (χ3n) is 5.67. The molecule has 3 aromatic carbocycles. The van der Waals surface area contributed by atoms with Crippen molar-refractivity contribution in [3.8, 4) is 5.75 Å². The van der Waals surface area contributed by atoms with Gasteiger partial charge in [-0.15, -0.1) is 0 Å². The molecule has 0 spiro atoms. The summed E-state index contributed by atoms with van der Waals surface area (Å²) in [6.07, 6.45) is 3.79. The Labute approximate surface area is 184 Å². The van der Waals surface area contributed by atoms with E-state index in [9.17, 15) is 4.79 Å². The van der Waals surface area contributed by atoms with E-state index in [4.69, 9.17) is 4.74 Å². The van der Waals surface area contributed by atoms with Gasteiger partial charge in [-0.1, -0.05) is 67.9 Å². The van der Waals surface area contributed by atoms with Crippen LogP contribution in [0.25, 0.3) is 0 Å². The van der Waals surface area contributed by atoms with Gasteiger partial charge in [-0.3, -0.25) is 4.79 Å². The zero-order valence-corrected chi connectivity index (χ0v) is 18.1. The Kier molecular flexibility index (Phi) is 6.88. The molecule has 160 valence electrons. The maximum absolute atomic E-state index is 13.2. The molecule has 1 aliphatic heterocycles. The molecule has 0 aliphatic carbocycles. The number of benzene rings is 3. The van der Waals surface area contributed by atoms with E-state index in [0.29, 0.717) is 6.61 Å². The summed E-state index contributed by atoms with van der Waals surface area (Å²) in [5.74, 6) is 0.927. The molecule has 0 radical (unpaired) electrons. The van der Waals surface area contributed by atoms with Gasteiger partial charge in [0.2, 0.25) is 0 Å². The van der Waals surface area contributed by atoms with E-state index in [2.05, 4.69) is 48.6 Å². The van der Waals surface area contributed by atoms with Crippen molar-refractivity contribution < 1.29 is 9.53 Å². The average Bonchev–Trinajstić information content (AvgIpc) is 2.82. The van der Waals surface area contributed by atoms with E-state index in [-0.39, 0.29) is 12.1 Å². The van der Waals surface area contributed by atoms with Crippen LogP contribution >= 0.6 is 0 Å². The SMILES string of the molecule is CCCCN1C(=O)c2ccccc2NC1c1cccc(OCCCc2ccccc2)c1. The highest BCUT2D eigenvalue weighted by Gasteiger charge is 2.32. The lowest BCUT2D eigenvalue weighted by Crippen LogP contribution is -2.43. The molecule has 31 heavy (non-hydrogen) atoms. The first-order valence-electron chi connectivity index (χ1n) is 11.2. The van der Waals surface area contributed by atoms with Crippen LogP contribution in [0.5, 0.6) is 5.75 Å². The van der Waals surface area contributed by atoms with Gasteiger partial charge in [0.15, 0.2) is 0 Å². The summed E-state index contributed by atoms with van der Waals surface area (Å²) in [4.78, 5) is 15.1. The number of unbranched alkanes of at least 4 members (excludes halogenated alkanes) is 1. The number of anilines is 1. The maximum atomic E-state index is 13.2. The number of amides is 1. The first-order chi connectivity index (χ1) is 15.3. The van der Waals surface area contributed by atoms with Crippen molar-refractivity contribution in [1.82, 2.24) is 4.90 Å². The van der Waals surface area contributed by atoms with Gasteiger partial charge >= 0.3 is 0 Å². The number of nitrogens with zero attached hydrogens (tertiary/aromatic N) is 1. The topological polar surface area (TPSA) is 41.6 Å². The number of hydrogen-bond donors (Lipinski definition) is 1. The fraction of sp³-hybridized carbons (Fsp3) is 0.296. The highest BCUT2D eigenvalue weighted by Crippen LogP contribution is 2.34. The maximum Gasteiger partial charge on any atom is 0.257 e. The highest BCUT2D eigenvalue weighted by atomic mass is 16.5. The van der Waals surface area contributed by atoms with Gasteiger partial charge in [0, 0.05) is 12.2 Å². The molecular weight excluding hydrogens is 384 g/mol. The predicted molar refractivity (Wildman–Crippen MR) is 125 cm³/mol. The van der Waals surface area contributed by atoms with Crippen LogP contribution in [0.15, 0.2) is 78.9 Å². The largest absolute Gasteiger partial charge is 0.494 e. The zero-order chi connectivity index (χ0) is 21.5. The summed E-state index contributed by atoms with van der Waals surface area (Å²) in [6.45, 7) is 3.54. The Morgan fingerprint density at radius 3 is 2.58 bits per heavy atom. The van der Waals surface area contributed by atoms with Crippen molar-refractivity contribution >= 4 is 11.6 Å². The second kappa shape index (κ2) is 10.2. The van der Waals surface area contributed by atoms with E-state index >= 15 is 0 Å². The number of rotatable bonds is 9. The van der Waals surface area contributed by atoms with E-state index in [0.717, 1.165) is 54.8 Å². The van der Waals surface area contributed by atoms with Crippen LogP contribution in [0.4, 0.5) is 5.69 Å². The second-order valence-corrected chi connectivity index (χ2v) is 7.95. The lowest BCUT2D eigenvalue weighted by atomic mass is 10.0. The summed E-state index contributed by atoms with van der Waals surface area (Å²) in [6, 6.07) is 26.3. The van der Waals surface area contributed by atoms with Crippen molar-refractivity contribution in [2.24, 2.45) is 0 Å². The van der Waals surface area contributed by atoms with Gasteiger partial charge in [0.1, 0.15) is 11.9 Å². The minimum atomic E-state index is -0.193. The number of para-hydroxylation sites is 1. The number of carbonyl (C=O) groups is 1. The number of nitrogens with one attached hydrogen (secondary N) is 1. The Morgan fingerprint density at radius 1 is 0.935 bits per heavy atom. The van der Waals surface area contributed by atoms with E-state index < -0.39 is 0 Å². The number of aryl methyl sites for hydroxylation is 1. The van der Waals surface area contributed by atoms with Crippen LogP contribution in [0.2, 0.25) is 0 Å². The lowest BCUT2D eigenvalue weighted by Gasteiger charge is -2.38. The molecule has 4 nitrogen and oxygen atoms in total. The van der Waals surface area contributed by atoms with Gasteiger partial charge < -0.3 is 15.0 Å². The van der Waals surface area contributed by atoms with Crippen molar-refractivity contribution in [3.05, 3.63) is 95.6 Å². The van der Waals surface area contributed by atoms with Crippen molar-refractivity contribution in [2.75, 3.05) is 18.5 Å². The number of carbonyl (C=O) groups excluding carboxylic acids is 1. The lowest BCUT2D eigenvalue weighted by molar-refractivity contribution is 0.0680. The molecule has 1 N–H and O–H groups in total. The third-order valence-corrected chi connectivity index (χ3v) is 5.67. The Balaban J connectivity index is 1.46. The summed E-state index contributed by atoms with van der Waals surface area (Å²) in [5.41, 5.74) is 4.00. The first kappa shape index (κ1) is 21.0. The molecule has 1 unspecified atom stereocenters. The van der Waals surface area contributed by atoms with Crippen LogP contribution in [0.1, 0.15) is 53.8 Å². The zero-order valence-electron chi connectivity index (χ0n) is 18.1. The molecule has 4 heteroatoms. The fourth-order valence-electron chi connectivity index (χ4n) is 4.00. The van der Waals surface area contributed by atoms with Gasteiger partial charge in [-0.2, -0.15) is 0 Å². The molecule has 1 amide bonds. The Bertz CT molecular complexity index is 1000. The molecule has 0 saturated heterocycles. The van der Waals surface area contributed by atoms with Crippen molar-refractivity contribution in [2.45, 2.75) is 38.8 Å². The molecule has 1 heterocycles. The quantitative estimate of drug-likeness (QED) is 0.432. The van der Waals surface area contributed by atoms with Crippen LogP contribution < -0.4 is 10.1 Å². The Morgan fingerprint density at radius 2 is 1.74 bits per heavy atom. The molecule has 1 aliphatic rings. The van der Waals surface area contributed by atoms with Gasteiger partial charge in [0.25, 0.3) is 5.91 Å². The minimum absolute atomic E-state index is 0.0852. The van der Waals surface area contributed by atoms with Gasteiger partial charge in [-0.05, 0) is 54.7 Å². The molecule has 0 bridgehead atoms. The van der Waals surface area contributed by atoms with E-state index in [1.807, 2.05) is 47.4 Å². The summed E-state index contributed by atoms with van der Waals surface area (Å²) in [7, 11) is 0. The molecule has 3 aromatic rings. The molecule has 0 aromatic heterocycles. The molecular formula is C27H30N2O2. The summed E-state index contributed by atoms with van der Waals surface area (Å²) in [5, 5.41) is 3.57. The second-order valence-electron chi connectivity index (χ2n) is 7.95. The Hall–Kier alpha value is -3.27. The molecule has 4 rings (SSSR count). The predicted octanol–water partition coefficient (Wildman–Crippen LogP) is 6.06. The molecule has 0 fully saturated rings. The van der Waals surface area contributed by atoms with Crippen LogP contribution in [-0.4, -0.2) is 24.0 Å². The van der Waals surface area contributed by atoms with Gasteiger partial charge in [0.05, 0.1) is 12.2 Å². The summed E-state index contributed by atoms with van der Waals surface area (Å²) < 4.78 is 6.04. The summed E-state index contributed by atoms with van der Waals surface area (Å²) >= 11 is 0. The smallest absolute Gasteiger partial charge is 0.257 e. The van der Waals surface area contributed by atoms with Crippen LogP contribution in [0, 0.1) is 0 Å². The normalized spacial score (nSPS) is 15.3. The first-order valence-corrected chi connectivity index (χ1v) is 11.2. The average molecular weight is 415 g/mol. The van der Waals surface area contributed by atoms with Crippen LogP contribution in [0.3, 0.4) is 0 Å². The molecule has 0 saturated carbocycles. The van der Waals surface area contributed by atoms with Crippen LogP contribution in [-0.2, 0) is 6.42 Å². The van der Waals surface area contributed by atoms with Crippen molar-refractivity contribution in [3.63, 3.8) is 0 Å². The fourth-order valence-corrected chi connectivity index (χ4v) is 4.00. The minimum Gasteiger partial charge on any atom is -0.494 e. The van der Waals surface area contributed by atoms with E-state index in [1.165, 1.54) is 5.56 Å². The van der Waals surface area contributed by atoms with Gasteiger partial charge in [-0.25, -0.2) is 0 Å².